The molecule has 1 unspecified atom stereocenters. The Morgan fingerprint density at radius 3 is 2.81 bits per heavy atom. The Balaban J connectivity index is 1.95. The highest BCUT2D eigenvalue weighted by Crippen LogP contribution is 2.14. The molecule has 0 amide bonds. The number of benzene rings is 1. The highest BCUT2D eigenvalue weighted by atomic mass is 19.1. The van der Waals surface area contributed by atoms with E-state index in [0.29, 0.717) is 12.5 Å². The lowest BCUT2D eigenvalue weighted by atomic mass is 10.1. The summed E-state index contributed by atoms with van der Waals surface area (Å²) in [6, 6.07) is 6.75. The first-order chi connectivity index (χ1) is 10.1. The fourth-order valence-electron chi connectivity index (χ4n) is 3.04. The van der Waals surface area contributed by atoms with E-state index in [4.69, 9.17) is 0 Å². The van der Waals surface area contributed by atoms with E-state index < -0.39 is 5.82 Å². The molecule has 0 bridgehead atoms. The Labute approximate surface area is 126 Å². The van der Waals surface area contributed by atoms with Gasteiger partial charge in [-0.3, -0.25) is 9.69 Å². The summed E-state index contributed by atoms with van der Waals surface area (Å²) in [4.78, 5) is 16.9. The molecule has 0 N–H and O–H groups in total. The number of Topliss-reactive ketones (excluding diaryl/α,β-unsaturated/α-hetero) is 1. The summed E-state index contributed by atoms with van der Waals surface area (Å²) in [6.07, 6.45) is 2.60. The number of rotatable bonds is 5. The van der Waals surface area contributed by atoms with Gasteiger partial charge in [0, 0.05) is 25.6 Å². The van der Waals surface area contributed by atoms with Gasteiger partial charge in [-0.15, -0.1) is 0 Å². The Morgan fingerprint density at radius 2 is 2.10 bits per heavy atom. The molecule has 1 aliphatic heterocycles. The maximum Gasteiger partial charge on any atom is 0.167 e. The molecular weight excluding hydrogens is 267 g/mol. The summed E-state index contributed by atoms with van der Waals surface area (Å²) in [6.45, 7) is 6.08. The van der Waals surface area contributed by atoms with Crippen LogP contribution in [-0.2, 0) is 0 Å². The summed E-state index contributed by atoms with van der Waals surface area (Å²) in [5.41, 5.74) is 0.220. The maximum atomic E-state index is 13.6. The molecule has 1 atom stereocenters. The molecule has 4 heteroatoms. The zero-order valence-electron chi connectivity index (χ0n) is 13.0. The summed E-state index contributed by atoms with van der Waals surface area (Å²) in [7, 11) is 2.15. The molecule has 1 aliphatic rings. The largest absolute Gasteiger partial charge is 0.305 e. The first kappa shape index (κ1) is 16.1. The van der Waals surface area contributed by atoms with E-state index in [9.17, 15) is 9.18 Å². The molecule has 1 fully saturated rings. The molecule has 0 aromatic heterocycles. The van der Waals surface area contributed by atoms with E-state index in [2.05, 4.69) is 23.8 Å². The maximum absolute atomic E-state index is 13.6. The van der Waals surface area contributed by atoms with Gasteiger partial charge >= 0.3 is 0 Å². The minimum Gasteiger partial charge on any atom is -0.305 e. The molecule has 0 aliphatic carbocycles. The number of likely N-dealkylation sites (N-methyl/N-ethyl adjacent to an activating group) is 1. The highest BCUT2D eigenvalue weighted by Gasteiger charge is 2.22. The molecule has 116 valence electrons. The summed E-state index contributed by atoms with van der Waals surface area (Å²) < 4.78 is 13.6. The van der Waals surface area contributed by atoms with Crippen LogP contribution in [0, 0.1) is 5.82 Å². The normalized spacial score (nSPS) is 21.2. The number of hydrogen-bond acceptors (Lipinski definition) is 3. The lowest BCUT2D eigenvalue weighted by Crippen LogP contribution is -2.40. The molecule has 1 aromatic carbocycles. The Hall–Kier alpha value is -1.26. The van der Waals surface area contributed by atoms with E-state index in [0.717, 1.165) is 39.0 Å². The number of hydrogen-bond donors (Lipinski definition) is 0. The van der Waals surface area contributed by atoms with Crippen LogP contribution in [0.5, 0.6) is 0 Å². The van der Waals surface area contributed by atoms with Crippen LogP contribution in [0.25, 0.3) is 0 Å². The van der Waals surface area contributed by atoms with Crippen LogP contribution < -0.4 is 0 Å². The van der Waals surface area contributed by atoms with Crippen molar-refractivity contribution in [2.24, 2.45) is 0 Å². The minimum atomic E-state index is -0.412. The fourth-order valence-corrected chi connectivity index (χ4v) is 3.04. The molecule has 0 radical (unpaired) electrons. The molecule has 2 rings (SSSR count). The van der Waals surface area contributed by atoms with Crippen LogP contribution in [0.2, 0.25) is 0 Å². The van der Waals surface area contributed by atoms with Gasteiger partial charge in [-0.1, -0.05) is 19.1 Å². The first-order valence-corrected chi connectivity index (χ1v) is 7.82. The van der Waals surface area contributed by atoms with Crippen molar-refractivity contribution >= 4 is 5.78 Å². The zero-order chi connectivity index (χ0) is 15.2. The monoisotopic (exact) mass is 292 g/mol. The Bertz CT molecular complexity index is 478. The van der Waals surface area contributed by atoms with E-state index in [1.54, 1.807) is 18.2 Å². The average Bonchev–Trinajstić information content (AvgIpc) is 2.66. The van der Waals surface area contributed by atoms with E-state index in [1.807, 2.05) is 0 Å². The molecule has 3 nitrogen and oxygen atoms in total. The van der Waals surface area contributed by atoms with Gasteiger partial charge in [-0.05, 0) is 45.1 Å². The van der Waals surface area contributed by atoms with E-state index in [-0.39, 0.29) is 11.3 Å². The quantitative estimate of drug-likeness (QED) is 0.780. The lowest BCUT2D eigenvalue weighted by Gasteiger charge is -2.29. The topological polar surface area (TPSA) is 23.6 Å². The molecule has 1 heterocycles. The van der Waals surface area contributed by atoms with E-state index >= 15 is 0 Å². The second kappa shape index (κ2) is 7.66. The van der Waals surface area contributed by atoms with Crippen molar-refractivity contribution in [3.63, 3.8) is 0 Å². The lowest BCUT2D eigenvalue weighted by molar-refractivity contribution is 0.0944. The average molecular weight is 292 g/mol. The van der Waals surface area contributed by atoms with Gasteiger partial charge in [0.05, 0.1) is 5.56 Å². The number of ketones is 1. The second-order valence-corrected chi connectivity index (χ2v) is 5.87. The summed E-state index contributed by atoms with van der Waals surface area (Å²) in [5.74, 6) is -0.509. The molecular formula is C17H25FN2O. The van der Waals surface area contributed by atoms with Crippen LogP contribution >= 0.6 is 0 Å². The minimum absolute atomic E-state index is 0.0967. The predicted octanol–water partition coefficient (Wildman–Crippen LogP) is 2.81. The second-order valence-electron chi connectivity index (χ2n) is 5.87. The van der Waals surface area contributed by atoms with Gasteiger partial charge in [0.25, 0.3) is 0 Å². The fraction of sp³-hybridized carbons (Fsp3) is 0.588. The Kier molecular flexibility index (Phi) is 5.88. The zero-order valence-corrected chi connectivity index (χ0v) is 13.0. The van der Waals surface area contributed by atoms with Gasteiger partial charge in [-0.2, -0.15) is 0 Å². The summed E-state index contributed by atoms with van der Waals surface area (Å²) in [5, 5.41) is 0. The van der Waals surface area contributed by atoms with Crippen LogP contribution in [0.3, 0.4) is 0 Å². The van der Waals surface area contributed by atoms with Crippen molar-refractivity contribution in [3.05, 3.63) is 35.6 Å². The SMILES string of the molecule is CCC1CN(C)CCCN1CCC(=O)c1ccccc1F. The van der Waals surface area contributed by atoms with Crippen molar-refractivity contribution in [2.75, 3.05) is 33.2 Å². The van der Waals surface area contributed by atoms with Crippen LogP contribution in [0.15, 0.2) is 24.3 Å². The first-order valence-electron chi connectivity index (χ1n) is 7.82. The smallest absolute Gasteiger partial charge is 0.167 e. The number of carbonyl (C=O) groups is 1. The highest BCUT2D eigenvalue weighted by molar-refractivity contribution is 5.96. The molecule has 0 saturated carbocycles. The van der Waals surface area contributed by atoms with E-state index in [1.165, 1.54) is 6.07 Å². The number of halogens is 1. The predicted molar refractivity (Wildman–Crippen MR) is 83.1 cm³/mol. The molecule has 1 aromatic rings. The van der Waals surface area contributed by atoms with Crippen molar-refractivity contribution in [1.82, 2.24) is 9.80 Å². The third kappa shape index (κ3) is 4.35. The molecule has 21 heavy (non-hydrogen) atoms. The van der Waals surface area contributed by atoms with Crippen molar-refractivity contribution in [1.29, 1.82) is 0 Å². The third-order valence-corrected chi connectivity index (χ3v) is 4.30. The van der Waals surface area contributed by atoms with Crippen LogP contribution in [-0.4, -0.2) is 54.9 Å². The van der Waals surface area contributed by atoms with Gasteiger partial charge in [0.15, 0.2) is 5.78 Å². The van der Waals surface area contributed by atoms with Crippen molar-refractivity contribution in [2.45, 2.75) is 32.2 Å². The number of carbonyl (C=O) groups excluding carboxylic acids is 1. The molecule has 1 saturated heterocycles. The third-order valence-electron chi connectivity index (χ3n) is 4.30. The Morgan fingerprint density at radius 1 is 1.33 bits per heavy atom. The molecule has 0 spiro atoms. The van der Waals surface area contributed by atoms with Gasteiger partial charge in [0.1, 0.15) is 5.82 Å². The summed E-state index contributed by atoms with van der Waals surface area (Å²) >= 11 is 0. The number of nitrogens with zero attached hydrogens (tertiary/aromatic N) is 2. The van der Waals surface area contributed by atoms with Crippen molar-refractivity contribution in [3.8, 4) is 0 Å². The van der Waals surface area contributed by atoms with Crippen LogP contribution in [0.4, 0.5) is 4.39 Å². The van der Waals surface area contributed by atoms with Gasteiger partial charge in [0.2, 0.25) is 0 Å². The van der Waals surface area contributed by atoms with Crippen LogP contribution in [0.1, 0.15) is 36.5 Å². The van der Waals surface area contributed by atoms with Gasteiger partial charge < -0.3 is 4.90 Å². The van der Waals surface area contributed by atoms with Gasteiger partial charge in [-0.25, -0.2) is 4.39 Å². The van der Waals surface area contributed by atoms with Crippen molar-refractivity contribution < 1.29 is 9.18 Å². The standard InChI is InChI=1S/C17H25FN2O/c1-3-14-13-19(2)10-6-11-20(14)12-9-17(21)15-7-4-5-8-16(15)18/h4-5,7-8,14H,3,6,9-13H2,1-2H3.